The number of nitrogens with zero attached hydrogens (tertiary/aromatic N) is 3. The van der Waals surface area contributed by atoms with E-state index in [4.69, 9.17) is 22.1 Å². The molecule has 1 unspecified atom stereocenters. The lowest BCUT2D eigenvalue weighted by Gasteiger charge is -2.28. The molecule has 0 amide bonds. The molecule has 0 bridgehead atoms. The van der Waals surface area contributed by atoms with Crippen LogP contribution in [0.4, 0.5) is 11.6 Å². The summed E-state index contributed by atoms with van der Waals surface area (Å²) in [6, 6.07) is 0. The fourth-order valence-electron chi connectivity index (χ4n) is 2.06. The summed E-state index contributed by atoms with van der Waals surface area (Å²) in [5.74, 6) is 1.54. The zero-order chi connectivity index (χ0) is 12.3. The summed E-state index contributed by atoms with van der Waals surface area (Å²) in [6.07, 6.45) is 3.74. The summed E-state index contributed by atoms with van der Waals surface area (Å²) in [5, 5.41) is 0.423. The van der Waals surface area contributed by atoms with Crippen molar-refractivity contribution in [2.45, 2.75) is 12.8 Å². The van der Waals surface area contributed by atoms with Gasteiger partial charge >= 0.3 is 0 Å². The molecule has 1 aliphatic heterocycles. The van der Waals surface area contributed by atoms with Crippen molar-refractivity contribution in [3.63, 3.8) is 0 Å². The zero-order valence-corrected chi connectivity index (χ0v) is 10.7. The van der Waals surface area contributed by atoms with E-state index >= 15 is 0 Å². The number of ether oxygens (including phenoxy) is 1. The van der Waals surface area contributed by atoms with Crippen LogP contribution in [0.5, 0.6) is 0 Å². The van der Waals surface area contributed by atoms with Crippen molar-refractivity contribution in [1.29, 1.82) is 0 Å². The molecule has 0 aliphatic carbocycles. The highest BCUT2D eigenvalue weighted by Gasteiger charge is 2.18. The van der Waals surface area contributed by atoms with Crippen molar-refractivity contribution in [3.8, 4) is 0 Å². The maximum atomic E-state index is 6.08. The number of aromatic nitrogens is 2. The van der Waals surface area contributed by atoms with E-state index in [2.05, 4.69) is 9.97 Å². The van der Waals surface area contributed by atoms with Gasteiger partial charge in [0.1, 0.15) is 17.2 Å². The van der Waals surface area contributed by atoms with Gasteiger partial charge in [0.05, 0.1) is 6.61 Å². The summed E-state index contributed by atoms with van der Waals surface area (Å²) < 4.78 is 5.46. The van der Waals surface area contributed by atoms with Gasteiger partial charge in [-0.25, -0.2) is 9.97 Å². The zero-order valence-electron chi connectivity index (χ0n) is 9.90. The molecule has 1 aliphatic rings. The number of anilines is 2. The highest BCUT2D eigenvalue weighted by Crippen LogP contribution is 2.27. The maximum Gasteiger partial charge on any atom is 0.152 e. The average Bonchev–Trinajstić information content (AvgIpc) is 2.34. The summed E-state index contributed by atoms with van der Waals surface area (Å²) in [7, 11) is 1.96. The van der Waals surface area contributed by atoms with Crippen molar-refractivity contribution in [1.82, 2.24) is 9.97 Å². The predicted octanol–water partition coefficient (Wildman–Crippen LogP) is 1.57. The van der Waals surface area contributed by atoms with Crippen LogP contribution in [0, 0.1) is 5.92 Å². The summed E-state index contributed by atoms with van der Waals surface area (Å²) in [4.78, 5) is 10.0. The standard InChI is InChI=1S/C11H17ClN4O/c1-16(5-8-3-2-4-17-6-8)11-9(12)10(13)14-7-15-11/h7-8H,2-6H2,1H3,(H2,13,14,15). The van der Waals surface area contributed by atoms with Crippen LogP contribution in [0.2, 0.25) is 5.02 Å². The van der Waals surface area contributed by atoms with Gasteiger partial charge in [0, 0.05) is 20.2 Å². The highest BCUT2D eigenvalue weighted by atomic mass is 35.5. The Balaban J connectivity index is 2.03. The second-order valence-electron chi connectivity index (χ2n) is 4.36. The maximum absolute atomic E-state index is 6.08. The largest absolute Gasteiger partial charge is 0.382 e. The van der Waals surface area contributed by atoms with Crippen LogP contribution in [0.15, 0.2) is 6.33 Å². The fourth-order valence-corrected chi connectivity index (χ4v) is 2.31. The fraction of sp³-hybridized carbons (Fsp3) is 0.636. The van der Waals surface area contributed by atoms with Crippen LogP contribution in [0.1, 0.15) is 12.8 Å². The Bertz CT molecular complexity index is 382. The molecule has 5 nitrogen and oxygen atoms in total. The second-order valence-corrected chi connectivity index (χ2v) is 4.74. The SMILES string of the molecule is CN(CC1CCCOC1)c1ncnc(N)c1Cl. The quantitative estimate of drug-likeness (QED) is 0.890. The summed E-state index contributed by atoms with van der Waals surface area (Å²) in [6.45, 7) is 2.56. The Morgan fingerprint density at radius 2 is 2.41 bits per heavy atom. The number of rotatable bonds is 3. The highest BCUT2D eigenvalue weighted by molar-refractivity contribution is 6.35. The van der Waals surface area contributed by atoms with E-state index in [0.717, 1.165) is 26.2 Å². The van der Waals surface area contributed by atoms with Crippen LogP contribution in [0.25, 0.3) is 0 Å². The number of nitrogen functional groups attached to an aromatic ring is 1. The topological polar surface area (TPSA) is 64.3 Å². The monoisotopic (exact) mass is 256 g/mol. The molecule has 2 rings (SSSR count). The van der Waals surface area contributed by atoms with Crippen molar-refractivity contribution < 1.29 is 4.74 Å². The van der Waals surface area contributed by atoms with E-state index in [-0.39, 0.29) is 0 Å². The minimum absolute atomic E-state index is 0.323. The number of hydrogen-bond donors (Lipinski definition) is 1. The van der Waals surface area contributed by atoms with Gasteiger partial charge in [0.15, 0.2) is 5.82 Å². The van der Waals surface area contributed by atoms with E-state index in [1.54, 1.807) is 0 Å². The third-order valence-electron chi connectivity index (χ3n) is 2.95. The molecule has 0 radical (unpaired) electrons. The van der Waals surface area contributed by atoms with Gasteiger partial charge in [0.2, 0.25) is 0 Å². The number of halogens is 1. The van der Waals surface area contributed by atoms with Crippen molar-refractivity contribution in [2.75, 3.05) is 37.4 Å². The van der Waals surface area contributed by atoms with E-state index in [0.29, 0.717) is 22.6 Å². The predicted molar refractivity (Wildman–Crippen MR) is 68.3 cm³/mol. The van der Waals surface area contributed by atoms with Gasteiger partial charge in [-0.15, -0.1) is 0 Å². The Hall–Kier alpha value is -1.07. The van der Waals surface area contributed by atoms with E-state index in [1.165, 1.54) is 12.7 Å². The Labute approximate surface area is 106 Å². The van der Waals surface area contributed by atoms with Gasteiger partial charge in [-0.1, -0.05) is 11.6 Å². The molecular formula is C11H17ClN4O. The van der Waals surface area contributed by atoms with Gasteiger partial charge < -0.3 is 15.4 Å². The molecule has 1 saturated heterocycles. The minimum atomic E-state index is 0.323. The number of hydrogen-bond acceptors (Lipinski definition) is 5. The molecule has 1 atom stereocenters. The smallest absolute Gasteiger partial charge is 0.152 e. The third-order valence-corrected chi connectivity index (χ3v) is 3.31. The molecule has 2 heterocycles. The molecule has 0 aromatic carbocycles. The minimum Gasteiger partial charge on any atom is -0.382 e. The molecule has 1 fully saturated rings. The van der Waals surface area contributed by atoms with Crippen molar-refractivity contribution >= 4 is 23.2 Å². The lowest BCUT2D eigenvalue weighted by molar-refractivity contribution is 0.0576. The molecule has 1 aromatic heterocycles. The van der Waals surface area contributed by atoms with Gasteiger partial charge in [-0.3, -0.25) is 0 Å². The lowest BCUT2D eigenvalue weighted by atomic mass is 10.0. The van der Waals surface area contributed by atoms with Gasteiger partial charge in [-0.05, 0) is 18.8 Å². The summed E-state index contributed by atoms with van der Waals surface area (Å²) in [5.41, 5.74) is 5.66. The molecular weight excluding hydrogens is 240 g/mol. The molecule has 17 heavy (non-hydrogen) atoms. The lowest BCUT2D eigenvalue weighted by Crippen LogP contribution is -2.31. The molecule has 6 heteroatoms. The normalized spacial score (nSPS) is 20.2. The Morgan fingerprint density at radius 1 is 1.59 bits per heavy atom. The van der Waals surface area contributed by atoms with Crippen LogP contribution in [-0.4, -0.2) is 36.8 Å². The summed E-state index contributed by atoms with van der Waals surface area (Å²) >= 11 is 6.08. The van der Waals surface area contributed by atoms with E-state index < -0.39 is 0 Å². The first kappa shape index (κ1) is 12.4. The Morgan fingerprint density at radius 3 is 3.12 bits per heavy atom. The first-order valence-corrected chi connectivity index (χ1v) is 6.11. The van der Waals surface area contributed by atoms with Crippen molar-refractivity contribution in [2.24, 2.45) is 5.92 Å². The molecule has 1 aromatic rings. The molecule has 0 spiro atoms. The van der Waals surface area contributed by atoms with Crippen LogP contribution < -0.4 is 10.6 Å². The first-order chi connectivity index (χ1) is 8.18. The number of nitrogens with two attached hydrogens (primary N) is 1. The van der Waals surface area contributed by atoms with E-state index in [9.17, 15) is 0 Å². The third kappa shape index (κ3) is 2.98. The first-order valence-electron chi connectivity index (χ1n) is 5.73. The van der Waals surface area contributed by atoms with Crippen molar-refractivity contribution in [3.05, 3.63) is 11.3 Å². The molecule has 94 valence electrons. The van der Waals surface area contributed by atoms with E-state index in [1.807, 2.05) is 11.9 Å². The van der Waals surface area contributed by atoms with Crippen LogP contribution in [0.3, 0.4) is 0 Å². The van der Waals surface area contributed by atoms with Gasteiger partial charge in [-0.2, -0.15) is 0 Å². The molecule has 2 N–H and O–H groups in total. The average molecular weight is 257 g/mol. The van der Waals surface area contributed by atoms with Crippen LogP contribution >= 0.6 is 11.6 Å². The van der Waals surface area contributed by atoms with Gasteiger partial charge in [0.25, 0.3) is 0 Å². The molecule has 0 saturated carbocycles. The second kappa shape index (κ2) is 5.51. The van der Waals surface area contributed by atoms with Crippen LogP contribution in [-0.2, 0) is 4.74 Å². The Kier molecular flexibility index (Phi) is 4.02.